The number of amides is 2. The Morgan fingerprint density at radius 3 is 2.86 bits per heavy atom. The van der Waals surface area contributed by atoms with Gasteiger partial charge in [-0.3, -0.25) is 14.7 Å². The number of likely N-dealkylation sites (tertiary alicyclic amines) is 1. The Bertz CT molecular complexity index is 541. The largest absolute Gasteiger partial charge is 0.406 e. The summed E-state index contributed by atoms with van der Waals surface area (Å²) in [5, 5.41) is 8.87. The molecule has 2 amide bonds. The monoisotopic (exact) mass is 304 g/mol. The van der Waals surface area contributed by atoms with Gasteiger partial charge in [-0.05, 0) is 18.9 Å². The van der Waals surface area contributed by atoms with E-state index in [1.165, 1.54) is 0 Å². The van der Waals surface area contributed by atoms with Crippen LogP contribution in [0, 0.1) is 0 Å². The minimum absolute atomic E-state index is 0.0237. The lowest BCUT2D eigenvalue weighted by Gasteiger charge is -2.18. The first kappa shape index (κ1) is 15.3. The van der Waals surface area contributed by atoms with Crippen molar-refractivity contribution in [2.75, 3.05) is 13.1 Å². The predicted molar refractivity (Wildman–Crippen MR) is 66.5 cm³/mol. The van der Waals surface area contributed by atoms with E-state index in [4.69, 9.17) is 0 Å². The molecule has 2 heterocycles. The molecular formula is C12H15F3N4O2. The lowest BCUT2D eigenvalue weighted by molar-refractivity contribution is -0.157. The van der Waals surface area contributed by atoms with Gasteiger partial charge in [-0.2, -0.15) is 18.3 Å². The summed E-state index contributed by atoms with van der Waals surface area (Å²) >= 11 is 0. The van der Waals surface area contributed by atoms with Gasteiger partial charge in [0.1, 0.15) is 18.3 Å². The SMILES string of the molecule is CCc1cc(C(=O)NC2CCN(CC(F)(F)F)C2=O)n[nH]1. The molecule has 1 unspecified atom stereocenters. The average molecular weight is 304 g/mol. The van der Waals surface area contributed by atoms with Crippen LogP contribution in [0.5, 0.6) is 0 Å². The number of H-pyrrole nitrogens is 1. The van der Waals surface area contributed by atoms with Gasteiger partial charge in [-0.15, -0.1) is 0 Å². The third-order valence-electron chi connectivity index (χ3n) is 3.22. The zero-order chi connectivity index (χ0) is 15.6. The average Bonchev–Trinajstić information content (AvgIpc) is 2.99. The Balaban J connectivity index is 1.95. The van der Waals surface area contributed by atoms with Crippen LogP contribution in [0.3, 0.4) is 0 Å². The molecule has 2 rings (SSSR count). The first-order chi connectivity index (χ1) is 9.80. The number of aromatic nitrogens is 2. The van der Waals surface area contributed by atoms with E-state index in [2.05, 4.69) is 15.5 Å². The topological polar surface area (TPSA) is 78.1 Å². The van der Waals surface area contributed by atoms with Crippen LogP contribution in [0.1, 0.15) is 29.5 Å². The molecule has 1 aliphatic heterocycles. The van der Waals surface area contributed by atoms with Gasteiger partial charge in [0.05, 0.1) is 0 Å². The highest BCUT2D eigenvalue weighted by atomic mass is 19.4. The number of halogens is 3. The van der Waals surface area contributed by atoms with Gasteiger partial charge in [0.15, 0.2) is 0 Å². The molecule has 0 radical (unpaired) electrons. The molecule has 9 heteroatoms. The molecule has 1 fully saturated rings. The first-order valence-electron chi connectivity index (χ1n) is 6.51. The number of hydrogen-bond acceptors (Lipinski definition) is 3. The van der Waals surface area contributed by atoms with Crippen LogP contribution in [-0.2, 0) is 11.2 Å². The van der Waals surface area contributed by atoms with Crippen LogP contribution in [-0.4, -0.2) is 52.2 Å². The van der Waals surface area contributed by atoms with Crippen LogP contribution in [0.15, 0.2) is 6.07 Å². The molecule has 0 aromatic carbocycles. The highest BCUT2D eigenvalue weighted by molar-refractivity contribution is 5.96. The molecule has 6 nitrogen and oxygen atoms in total. The van der Waals surface area contributed by atoms with Crippen molar-refractivity contribution >= 4 is 11.8 Å². The number of hydrogen-bond donors (Lipinski definition) is 2. The minimum Gasteiger partial charge on any atom is -0.339 e. The number of aromatic amines is 1. The number of nitrogens with one attached hydrogen (secondary N) is 2. The summed E-state index contributed by atoms with van der Waals surface area (Å²) in [6.07, 6.45) is -3.61. The van der Waals surface area contributed by atoms with E-state index in [9.17, 15) is 22.8 Å². The van der Waals surface area contributed by atoms with Crippen LogP contribution in [0.4, 0.5) is 13.2 Å². The van der Waals surface area contributed by atoms with Gasteiger partial charge in [0.25, 0.3) is 5.91 Å². The smallest absolute Gasteiger partial charge is 0.339 e. The van der Waals surface area contributed by atoms with E-state index in [-0.39, 0.29) is 18.7 Å². The third kappa shape index (κ3) is 3.73. The quantitative estimate of drug-likeness (QED) is 0.866. The fourth-order valence-corrected chi connectivity index (χ4v) is 2.14. The molecule has 0 bridgehead atoms. The van der Waals surface area contributed by atoms with Crippen molar-refractivity contribution in [1.82, 2.24) is 20.4 Å². The standard InChI is InChI=1S/C12H15F3N4O2/c1-2-7-5-9(18-17-7)10(20)16-8-3-4-19(11(8)21)6-12(13,14)15/h5,8H,2-4,6H2,1H3,(H,16,20)(H,17,18). The molecule has 2 N–H and O–H groups in total. The molecule has 0 aliphatic carbocycles. The van der Waals surface area contributed by atoms with E-state index in [1.54, 1.807) is 6.07 Å². The van der Waals surface area contributed by atoms with Gasteiger partial charge in [-0.1, -0.05) is 6.92 Å². The molecule has 1 atom stereocenters. The van der Waals surface area contributed by atoms with Gasteiger partial charge in [0.2, 0.25) is 5.91 Å². The second-order valence-corrected chi connectivity index (χ2v) is 4.82. The van der Waals surface area contributed by atoms with E-state index < -0.39 is 30.6 Å². The number of rotatable bonds is 4. The molecule has 1 aromatic rings. The normalized spacial score (nSPS) is 19.1. The molecule has 1 aliphatic rings. The Kier molecular flexibility index (Phi) is 4.19. The van der Waals surface area contributed by atoms with Crippen LogP contribution in [0.25, 0.3) is 0 Å². The summed E-state index contributed by atoms with van der Waals surface area (Å²) in [7, 11) is 0. The second-order valence-electron chi connectivity index (χ2n) is 4.82. The van der Waals surface area contributed by atoms with Crippen molar-refractivity contribution in [2.45, 2.75) is 32.0 Å². The maximum atomic E-state index is 12.3. The van der Waals surface area contributed by atoms with Crippen LogP contribution >= 0.6 is 0 Å². The Morgan fingerprint density at radius 2 is 2.29 bits per heavy atom. The van der Waals surface area contributed by atoms with Crippen molar-refractivity contribution in [3.05, 3.63) is 17.5 Å². The Hall–Kier alpha value is -2.06. The van der Waals surface area contributed by atoms with Crippen molar-refractivity contribution in [3.63, 3.8) is 0 Å². The Labute approximate surface area is 118 Å². The molecule has 0 saturated carbocycles. The fraction of sp³-hybridized carbons (Fsp3) is 0.583. The number of nitrogens with zero attached hydrogens (tertiary/aromatic N) is 2. The van der Waals surface area contributed by atoms with Crippen molar-refractivity contribution in [3.8, 4) is 0 Å². The summed E-state index contributed by atoms with van der Waals surface area (Å²) in [6.45, 7) is 0.565. The lowest BCUT2D eigenvalue weighted by atomic mass is 10.2. The summed E-state index contributed by atoms with van der Waals surface area (Å²) in [6, 6.07) is 0.615. The number of carbonyl (C=O) groups is 2. The molecule has 21 heavy (non-hydrogen) atoms. The third-order valence-corrected chi connectivity index (χ3v) is 3.22. The molecule has 116 valence electrons. The molecule has 1 saturated heterocycles. The number of aryl methyl sites for hydroxylation is 1. The molecule has 0 spiro atoms. The van der Waals surface area contributed by atoms with E-state index in [0.29, 0.717) is 11.3 Å². The second kappa shape index (κ2) is 5.74. The predicted octanol–water partition coefficient (Wildman–Crippen LogP) is 0.865. The summed E-state index contributed by atoms with van der Waals surface area (Å²) in [4.78, 5) is 24.4. The zero-order valence-electron chi connectivity index (χ0n) is 11.3. The van der Waals surface area contributed by atoms with Crippen molar-refractivity contribution in [1.29, 1.82) is 0 Å². The maximum absolute atomic E-state index is 12.3. The van der Waals surface area contributed by atoms with Gasteiger partial charge >= 0.3 is 6.18 Å². The van der Waals surface area contributed by atoms with Gasteiger partial charge in [-0.25, -0.2) is 0 Å². The van der Waals surface area contributed by atoms with Crippen LogP contribution in [0.2, 0.25) is 0 Å². The van der Waals surface area contributed by atoms with E-state index in [0.717, 1.165) is 5.69 Å². The van der Waals surface area contributed by atoms with Crippen molar-refractivity contribution < 1.29 is 22.8 Å². The summed E-state index contributed by atoms with van der Waals surface area (Å²) in [5.74, 6) is -1.29. The Morgan fingerprint density at radius 1 is 1.57 bits per heavy atom. The zero-order valence-corrected chi connectivity index (χ0v) is 11.3. The highest BCUT2D eigenvalue weighted by Gasteiger charge is 2.39. The fourth-order valence-electron chi connectivity index (χ4n) is 2.14. The van der Waals surface area contributed by atoms with E-state index >= 15 is 0 Å². The lowest BCUT2D eigenvalue weighted by Crippen LogP contribution is -2.43. The minimum atomic E-state index is -4.44. The summed E-state index contributed by atoms with van der Waals surface area (Å²) < 4.78 is 36.8. The van der Waals surface area contributed by atoms with Crippen molar-refractivity contribution in [2.24, 2.45) is 0 Å². The van der Waals surface area contributed by atoms with Gasteiger partial charge < -0.3 is 10.2 Å². The van der Waals surface area contributed by atoms with Gasteiger partial charge in [0, 0.05) is 12.2 Å². The maximum Gasteiger partial charge on any atom is 0.406 e. The number of alkyl halides is 3. The molecular weight excluding hydrogens is 289 g/mol. The molecule has 1 aromatic heterocycles. The van der Waals surface area contributed by atoms with Crippen LogP contribution < -0.4 is 5.32 Å². The van der Waals surface area contributed by atoms with E-state index in [1.807, 2.05) is 6.92 Å². The summed E-state index contributed by atoms with van der Waals surface area (Å²) in [5.41, 5.74) is 0.880. The highest BCUT2D eigenvalue weighted by Crippen LogP contribution is 2.21. The number of carbonyl (C=O) groups excluding carboxylic acids is 2. The first-order valence-corrected chi connectivity index (χ1v) is 6.51.